The summed E-state index contributed by atoms with van der Waals surface area (Å²) in [6.07, 6.45) is 7.98. The van der Waals surface area contributed by atoms with E-state index in [0.29, 0.717) is 29.1 Å². The molecule has 1 aromatic carbocycles. The van der Waals surface area contributed by atoms with Crippen molar-refractivity contribution >= 4 is 22.7 Å². The van der Waals surface area contributed by atoms with E-state index in [-0.39, 0.29) is 18.0 Å². The lowest BCUT2D eigenvalue weighted by Crippen LogP contribution is -2.10. The van der Waals surface area contributed by atoms with E-state index in [4.69, 9.17) is 4.74 Å². The highest BCUT2D eigenvalue weighted by molar-refractivity contribution is 6.06. The summed E-state index contributed by atoms with van der Waals surface area (Å²) in [5.41, 5.74) is 2.21. The molecule has 0 atom stereocenters. The molecule has 3 rings (SSSR count). The summed E-state index contributed by atoms with van der Waals surface area (Å²) in [6, 6.07) is 3.53. The molecule has 2 heterocycles. The molecule has 0 amide bonds. The van der Waals surface area contributed by atoms with Crippen molar-refractivity contribution in [3.63, 3.8) is 0 Å². The van der Waals surface area contributed by atoms with Gasteiger partial charge in [0.15, 0.2) is 5.78 Å². The number of aliphatic carboxylic acids is 1. The fraction of sp³-hybridized carbons (Fsp3) is 0.318. The quantitative estimate of drug-likeness (QED) is 0.309. The molecule has 8 nitrogen and oxygen atoms in total. The highest BCUT2D eigenvalue weighted by atomic mass is 16.5. The minimum atomic E-state index is -1.04. The largest absolute Gasteiger partial charge is 0.493 e. The molecular weight excluding hydrogens is 384 g/mol. The molecule has 0 saturated heterocycles. The third-order valence-electron chi connectivity index (χ3n) is 4.62. The van der Waals surface area contributed by atoms with Gasteiger partial charge in [-0.05, 0) is 32.3 Å². The van der Waals surface area contributed by atoms with Crippen molar-refractivity contribution < 1.29 is 19.4 Å². The van der Waals surface area contributed by atoms with Gasteiger partial charge < -0.3 is 9.84 Å². The second kappa shape index (κ2) is 9.30. The number of nitrogens with zero attached hydrogens (tertiary/aromatic N) is 4. The van der Waals surface area contributed by atoms with Crippen LogP contribution in [0.5, 0.6) is 5.75 Å². The third kappa shape index (κ3) is 4.71. The Balaban J connectivity index is 2.11. The average Bonchev–Trinajstić information content (AvgIpc) is 3.05. The van der Waals surface area contributed by atoms with Gasteiger partial charge >= 0.3 is 5.97 Å². The van der Waals surface area contributed by atoms with E-state index >= 15 is 0 Å². The first-order valence-electron chi connectivity index (χ1n) is 9.70. The minimum Gasteiger partial charge on any atom is -0.493 e. The SMILES string of the molecule is C=CCCCCOc1cc2c(cc1-c1cnc(C)nc1)c(C(C)=O)nn2CC(=O)O. The molecule has 2 aromatic heterocycles. The summed E-state index contributed by atoms with van der Waals surface area (Å²) in [6.45, 7) is 7.07. The number of benzene rings is 1. The van der Waals surface area contributed by atoms with Gasteiger partial charge in [0.1, 0.15) is 23.8 Å². The molecule has 0 bridgehead atoms. The average molecular weight is 408 g/mol. The Bertz CT molecular complexity index is 1090. The van der Waals surface area contributed by atoms with Crippen LogP contribution in [0.3, 0.4) is 0 Å². The van der Waals surface area contributed by atoms with Crippen LogP contribution in [0.2, 0.25) is 0 Å². The van der Waals surface area contributed by atoms with Crippen LogP contribution in [0.4, 0.5) is 0 Å². The molecule has 0 aliphatic rings. The molecule has 0 fully saturated rings. The predicted octanol–water partition coefficient (Wildman–Crippen LogP) is 3.82. The van der Waals surface area contributed by atoms with Crippen LogP contribution >= 0.6 is 0 Å². The number of rotatable bonds is 10. The number of carboxylic acid groups (broad SMARTS) is 1. The van der Waals surface area contributed by atoms with Crippen molar-refractivity contribution in [2.45, 2.75) is 39.7 Å². The van der Waals surface area contributed by atoms with Gasteiger partial charge in [-0.15, -0.1) is 6.58 Å². The first-order chi connectivity index (χ1) is 14.4. The zero-order chi connectivity index (χ0) is 21.7. The Morgan fingerprint density at radius 2 is 1.97 bits per heavy atom. The molecule has 8 heteroatoms. The maximum absolute atomic E-state index is 12.1. The van der Waals surface area contributed by atoms with Crippen LogP contribution in [-0.4, -0.2) is 43.2 Å². The van der Waals surface area contributed by atoms with Crippen LogP contribution in [-0.2, 0) is 11.3 Å². The third-order valence-corrected chi connectivity index (χ3v) is 4.62. The number of fused-ring (bicyclic) bond motifs is 1. The van der Waals surface area contributed by atoms with E-state index in [1.165, 1.54) is 11.6 Å². The zero-order valence-corrected chi connectivity index (χ0v) is 17.1. The fourth-order valence-electron chi connectivity index (χ4n) is 3.16. The minimum absolute atomic E-state index is 0.220. The molecule has 0 saturated carbocycles. The van der Waals surface area contributed by atoms with Crippen molar-refractivity contribution in [3.05, 3.63) is 48.7 Å². The fourth-order valence-corrected chi connectivity index (χ4v) is 3.16. The maximum atomic E-state index is 12.1. The van der Waals surface area contributed by atoms with E-state index in [2.05, 4.69) is 21.6 Å². The number of allylic oxidation sites excluding steroid dienone is 1. The van der Waals surface area contributed by atoms with Crippen molar-refractivity contribution in [2.75, 3.05) is 6.61 Å². The lowest BCUT2D eigenvalue weighted by Gasteiger charge is -2.13. The number of carboxylic acids is 1. The van der Waals surface area contributed by atoms with Gasteiger partial charge in [-0.3, -0.25) is 14.3 Å². The lowest BCUT2D eigenvalue weighted by molar-refractivity contribution is -0.137. The van der Waals surface area contributed by atoms with Crippen LogP contribution in [0, 0.1) is 6.92 Å². The smallest absolute Gasteiger partial charge is 0.325 e. The van der Waals surface area contributed by atoms with Gasteiger partial charge in [0.25, 0.3) is 0 Å². The van der Waals surface area contributed by atoms with E-state index in [9.17, 15) is 14.7 Å². The van der Waals surface area contributed by atoms with E-state index in [0.717, 1.165) is 30.4 Å². The lowest BCUT2D eigenvalue weighted by atomic mass is 10.0. The molecule has 1 N–H and O–H groups in total. The molecule has 3 aromatic rings. The number of hydrogen-bond acceptors (Lipinski definition) is 6. The summed E-state index contributed by atoms with van der Waals surface area (Å²) in [7, 11) is 0. The van der Waals surface area contributed by atoms with Crippen molar-refractivity contribution in [1.82, 2.24) is 19.7 Å². The second-order valence-electron chi connectivity index (χ2n) is 6.97. The number of Topliss-reactive ketones (excluding diaryl/α,β-unsaturated/α-hetero) is 1. The molecule has 0 unspecified atom stereocenters. The molecule has 0 radical (unpaired) electrons. The van der Waals surface area contributed by atoms with Crippen molar-refractivity contribution in [2.24, 2.45) is 0 Å². The van der Waals surface area contributed by atoms with E-state index < -0.39 is 5.97 Å². The monoisotopic (exact) mass is 408 g/mol. The Kier molecular flexibility index (Phi) is 6.56. The summed E-state index contributed by atoms with van der Waals surface area (Å²) in [5, 5.41) is 14.0. The number of carbonyl (C=O) groups excluding carboxylic acids is 1. The molecule has 30 heavy (non-hydrogen) atoms. The number of aromatic nitrogens is 4. The van der Waals surface area contributed by atoms with E-state index in [1.807, 2.05) is 6.08 Å². The summed E-state index contributed by atoms with van der Waals surface area (Å²) < 4.78 is 7.36. The Morgan fingerprint density at radius 3 is 2.60 bits per heavy atom. The van der Waals surface area contributed by atoms with Gasteiger partial charge in [0, 0.05) is 41.9 Å². The number of ether oxygens (including phenoxy) is 1. The van der Waals surface area contributed by atoms with Gasteiger partial charge in [0.2, 0.25) is 0 Å². The van der Waals surface area contributed by atoms with Crippen LogP contribution in [0.1, 0.15) is 42.5 Å². The Hall–Kier alpha value is -3.55. The van der Waals surface area contributed by atoms with Gasteiger partial charge in [-0.1, -0.05) is 6.08 Å². The highest BCUT2D eigenvalue weighted by Crippen LogP contribution is 2.35. The Labute approximate surface area is 174 Å². The van der Waals surface area contributed by atoms with Gasteiger partial charge in [-0.25, -0.2) is 9.97 Å². The number of hydrogen-bond donors (Lipinski definition) is 1. The van der Waals surface area contributed by atoms with Crippen molar-refractivity contribution in [3.8, 4) is 16.9 Å². The van der Waals surface area contributed by atoms with E-state index in [1.54, 1.807) is 31.5 Å². The predicted molar refractivity (Wildman–Crippen MR) is 113 cm³/mol. The summed E-state index contributed by atoms with van der Waals surface area (Å²) in [4.78, 5) is 31.9. The molecular formula is C22H24N4O4. The number of carbonyl (C=O) groups is 2. The van der Waals surface area contributed by atoms with Gasteiger partial charge in [0.05, 0.1) is 12.1 Å². The second-order valence-corrected chi connectivity index (χ2v) is 6.97. The first kappa shape index (κ1) is 21.2. The topological polar surface area (TPSA) is 107 Å². The number of ketones is 1. The zero-order valence-electron chi connectivity index (χ0n) is 17.1. The summed E-state index contributed by atoms with van der Waals surface area (Å²) >= 11 is 0. The molecule has 156 valence electrons. The number of unbranched alkanes of at least 4 members (excludes halogenated alkanes) is 2. The van der Waals surface area contributed by atoms with Gasteiger partial charge in [-0.2, -0.15) is 5.10 Å². The molecule has 0 aliphatic carbocycles. The van der Waals surface area contributed by atoms with Crippen LogP contribution in [0.15, 0.2) is 37.2 Å². The standard InChI is InChI=1S/C22H24N4O4/c1-4-5-6-7-8-30-20-10-19-18(9-17(20)16-11-23-15(3)24-12-16)22(14(2)27)25-26(19)13-21(28)29/h4,9-12H,1,5-8,13H2,2-3H3,(H,28,29). The maximum Gasteiger partial charge on any atom is 0.325 e. The van der Waals surface area contributed by atoms with Crippen molar-refractivity contribution in [1.29, 1.82) is 0 Å². The summed E-state index contributed by atoms with van der Waals surface area (Å²) in [5.74, 6) is -0.0774. The van der Waals surface area contributed by atoms with Crippen LogP contribution in [0.25, 0.3) is 22.0 Å². The first-order valence-corrected chi connectivity index (χ1v) is 9.70. The highest BCUT2D eigenvalue weighted by Gasteiger charge is 2.20. The Morgan fingerprint density at radius 1 is 1.23 bits per heavy atom. The molecule has 0 spiro atoms. The van der Waals surface area contributed by atoms with Crippen LogP contribution < -0.4 is 4.74 Å². The number of aryl methyl sites for hydroxylation is 1. The normalized spacial score (nSPS) is 10.9. The molecule has 0 aliphatic heterocycles.